The van der Waals surface area contributed by atoms with E-state index >= 15 is 0 Å². The highest BCUT2D eigenvalue weighted by atomic mass is 32.2. The van der Waals surface area contributed by atoms with E-state index in [1.807, 2.05) is 55.5 Å². The van der Waals surface area contributed by atoms with Gasteiger partial charge in [-0.2, -0.15) is 4.98 Å². The molecule has 10 heteroatoms. The molecule has 8 nitrogen and oxygen atoms in total. The summed E-state index contributed by atoms with van der Waals surface area (Å²) >= 11 is 2.91. The number of benzene rings is 2. The monoisotopic (exact) mass is 467 g/mol. The van der Waals surface area contributed by atoms with Gasteiger partial charge in [0.25, 0.3) is 0 Å². The van der Waals surface area contributed by atoms with Gasteiger partial charge < -0.3 is 14.6 Å². The number of ether oxygens (including phenoxy) is 1. The molecule has 2 heterocycles. The highest BCUT2D eigenvalue weighted by molar-refractivity contribution is 8.00. The molecule has 2 aromatic heterocycles. The number of carbonyl (C=O) groups excluding carboxylic acids is 1. The second-order valence-corrected chi connectivity index (χ2v) is 9.14. The zero-order chi connectivity index (χ0) is 22.3. The number of thioether (sulfide) groups is 1. The molecule has 0 aliphatic heterocycles. The van der Waals surface area contributed by atoms with Crippen LogP contribution in [0.25, 0.3) is 11.4 Å². The Kier molecular flexibility index (Phi) is 7.13. The van der Waals surface area contributed by atoms with Crippen molar-refractivity contribution in [1.82, 2.24) is 20.3 Å². The summed E-state index contributed by atoms with van der Waals surface area (Å²) in [4.78, 5) is 16.6. The average molecular weight is 468 g/mol. The largest absolute Gasteiger partial charge is 0.497 e. The third-order valence-corrected chi connectivity index (χ3v) is 6.56. The van der Waals surface area contributed by atoms with Gasteiger partial charge in [0.05, 0.1) is 7.11 Å². The molecule has 0 saturated heterocycles. The van der Waals surface area contributed by atoms with Gasteiger partial charge in [0.2, 0.25) is 22.8 Å². The minimum atomic E-state index is -0.178. The number of methoxy groups -OCH3 is 1. The number of carbonyl (C=O) groups is 1. The molecule has 0 saturated carbocycles. The van der Waals surface area contributed by atoms with E-state index in [1.165, 1.54) is 11.3 Å². The van der Waals surface area contributed by atoms with Gasteiger partial charge >= 0.3 is 0 Å². The Morgan fingerprint density at radius 2 is 1.91 bits per heavy atom. The van der Waals surface area contributed by atoms with Crippen molar-refractivity contribution in [3.8, 4) is 17.1 Å². The number of nitrogens with zero attached hydrogens (tertiary/aromatic N) is 4. The quantitative estimate of drug-likeness (QED) is 0.277. The molecule has 0 radical (unpaired) electrons. The predicted octanol–water partition coefficient (Wildman–Crippen LogP) is 4.77. The maximum Gasteiger partial charge on any atom is 0.227 e. The minimum Gasteiger partial charge on any atom is -0.497 e. The van der Waals surface area contributed by atoms with Crippen LogP contribution in [0.1, 0.15) is 23.4 Å². The van der Waals surface area contributed by atoms with Gasteiger partial charge in [-0.05, 0) is 24.6 Å². The summed E-state index contributed by atoms with van der Waals surface area (Å²) in [7, 11) is 1.64. The summed E-state index contributed by atoms with van der Waals surface area (Å²) < 4.78 is 11.2. The Morgan fingerprint density at radius 3 is 2.66 bits per heavy atom. The third kappa shape index (κ3) is 5.92. The lowest BCUT2D eigenvalue weighted by molar-refractivity contribution is -0.116. The van der Waals surface area contributed by atoms with Crippen molar-refractivity contribution < 1.29 is 14.1 Å². The average Bonchev–Trinajstić information content (AvgIpc) is 3.47. The fraction of sp³-hybridized carbons (Fsp3) is 0.227. The molecule has 4 rings (SSSR count). The van der Waals surface area contributed by atoms with Gasteiger partial charge in [-0.3, -0.25) is 4.79 Å². The molecule has 0 unspecified atom stereocenters. The summed E-state index contributed by atoms with van der Waals surface area (Å²) in [5.41, 5.74) is 3.19. The molecular formula is C22H21N5O3S2. The number of hydrogen-bond donors (Lipinski definition) is 1. The van der Waals surface area contributed by atoms with Crippen LogP contribution in [0.5, 0.6) is 5.75 Å². The first-order chi connectivity index (χ1) is 15.6. The summed E-state index contributed by atoms with van der Waals surface area (Å²) in [6.45, 7) is 2.02. The maximum atomic E-state index is 12.3. The predicted molar refractivity (Wildman–Crippen MR) is 124 cm³/mol. The van der Waals surface area contributed by atoms with E-state index in [0.717, 1.165) is 32.5 Å². The normalized spacial score (nSPS) is 10.8. The Bertz CT molecular complexity index is 1170. The molecule has 1 amide bonds. The zero-order valence-electron chi connectivity index (χ0n) is 17.6. The van der Waals surface area contributed by atoms with Crippen molar-refractivity contribution >= 4 is 34.1 Å². The fourth-order valence-corrected chi connectivity index (χ4v) is 4.49. The second kappa shape index (κ2) is 10.4. The van der Waals surface area contributed by atoms with Crippen molar-refractivity contribution in [3.63, 3.8) is 0 Å². The van der Waals surface area contributed by atoms with Gasteiger partial charge in [0, 0.05) is 24.2 Å². The first-order valence-electron chi connectivity index (χ1n) is 9.88. The van der Waals surface area contributed by atoms with E-state index in [2.05, 4.69) is 25.7 Å². The SMILES string of the molecule is COc1ccc(CSc2nnc(NC(=O)CCc3nc(-c4ccc(C)cc4)no3)s2)cc1. The van der Waals surface area contributed by atoms with Gasteiger partial charge in [0.1, 0.15) is 5.75 Å². The first kappa shape index (κ1) is 22.0. The van der Waals surface area contributed by atoms with Crippen molar-refractivity contribution in [2.45, 2.75) is 29.9 Å². The summed E-state index contributed by atoms with van der Waals surface area (Å²) in [6, 6.07) is 15.7. The van der Waals surface area contributed by atoms with E-state index in [1.54, 1.807) is 18.9 Å². The van der Waals surface area contributed by atoms with Gasteiger partial charge in [-0.25, -0.2) is 0 Å². The lowest BCUT2D eigenvalue weighted by Gasteiger charge is -2.01. The Balaban J connectivity index is 1.24. The van der Waals surface area contributed by atoms with Crippen LogP contribution in [0.15, 0.2) is 57.4 Å². The minimum absolute atomic E-state index is 0.178. The van der Waals surface area contributed by atoms with Gasteiger partial charge in [0.15, 0.2) is 4.34 Å². The van der Waals surface area contributed by atoms with Crippen LogP contribution in [0.2, 0.25) is 0 Å². The number of nitrogens with one attached hydrogen (secondary N) is 1. The van der Waals surface area contributed by atoms with Gasteiger partial charge in [-0.1, -0.05) is 70.2 Å². The van der Waals surface area contributed by atoms with E-state index < -0.39 is 0 Å². The molecule has 0 fully saturated rings. The second-order valence-electron chi connectivity index (χ2n) is 6.94. The zero-order valence-corrected chi connectivity index (χ0v) is 19.2. The third-order valence-electron chi connectivity index (χ3n) is 4.52. The van der Waals surface area contributed by atoms with Crippen LogP contribution in [0.3, 0.4) is 0 Å². The van der Waals surface area contributed by atoms with Crippen molar-refractivity contribution in [3.05, 3.63) is 65.5 Å². The summed E-state index contributed by atoms with van der Waals surface area (Å²) in [6.07, 6.45) is 0.562. The van der Waals surface area contributed by atoms with Crippen LogP contribution in [0.4, 0.5) is 5.13 Å². The highest BCUT2D eigenvalue weighted by Crippen LogP contribution is 2.29. The standard InChI is InChI=1S/C22H21N5O3S2/c1-14-3-7-16(8-4-14)20-24-19(30-27-20)12-11-18(28)23-21-25-26-22(32-21)31-13-15-5-9-17(29-2)10-6-15/h3-10H,11-13H2,1-2H3,(H,23,25,28). The van der Waals surface area contributed by atoms with Crippen LogP contribution in [-0.2, 0) is 17.0 Å². The molecule has 0 spiro atoms. The summed E-state index contributed by atoms with van der Waals surface area (Å²) in [5.74, 6) is 2.34. The number of hydrogen-bond acceptors (Lipinski definition) is 9. The number of aryl methyl sites for hydroxylation is 2. The van der Waals surface area contributed by atoms with Crippen LogP contribution in [0, 0.1) is 6.92 Å². The smallest absolute Gasteiger partial charge is 0.227 e. The molecular weight excluding hydrogens is 446 g/mol. The lowest BCUT2D eigenvalue weighted by atomic mass is 10.1. The van der Waals surface area contributed by atoms with Crippen molar-refractivity contribution in [2.24, 2.45) is 0 Å². The molecule has 1 N–H and O–H groups in total. The van der Waals surface area contributed by atoms with E-state index in [0.29, 0.717) is 23.3 Å². The molecule has 32 heavy (non-hydrogen) atoms. The lowest BCUT2D eigenvalue weighted by Crippen LogP contribution is -2.12. The number of anilines is 1. The molecule has 0 aliphatic carbocycles. The van der Waals surface area contributed by atoms with E-state index in [-0.39, 0.29) is 12.3 Å². The maximum absolute atomic E-state index is 12.3. The molecule has 0 aliphatic rings. The Morgan fingerprint density at radius 1 is 1.12 bits per heavy atom. The number of aromatic nitrogens is 4. The van der Waals surface area contributed by atoms with E-state index in [4.69, 9.17) is 9.26 Å². The van der Waals surface area contributed by atoms with Gasteiger partial charge in [-0.15, -0.1) is 10.2 Å². The first-order valence-corrected chi connectivity index (χ1v) is 11.7. The van der Waals surface area contributed by atoms with Crippen molar-refractivity contribution in [2.75, 3.05) is 12.4 Å². The Labute approximate surface area is 193 Å². The van der Waals surface area contributed by atoms with Crippen LogP contribution >= 0.6 is 23.1 Å². The topological polar surface area (TPSA) is 103 Å². The van der Waals surface area contributed by atoms with Crippen molar-refractivity contribution in [1.29, 1.82) is 0 Å². The Hall–Kier alpha value is -3.24. The molecule has 0 bridgehead atoms. The van der Waals surface area contributed by atoms with Crippen LogP contribution < -0.4 is 10.1 Å². The molecule has 164 valence electrons. The number of amides is 1. The molecule has 0 atom stereocenters. The summed E-state index contributed by atoms with van der Waals surface area (Å²) in [5, 5.41) is 15.4. The van der Waals surface area contributed by atoms with Crippen LogP contribution in [-0.4, -0.2) is 33.4 Å². The van der Waals surface area contributed by atoms with E-state index in [9.17, 15) is 4.79 Å². The molecule has 4 aromatic rings. The highest BCUT2D eigenvalue weighted by Gasteiger charge is 2.13. The fourth-order valence-electron chi connectivity index (χ4n) is 2.76. The molecule has 2 aromatic carbocycles. The number of rotatable bonds is 9.